The first kappa shape index (κ1) is 25.7. The number of benzene rings is 1. The molecule has 0 aliphatic heterocycles. The lowest BCUT2D eigenvalue weighted by Crippen LogP contribution is -2.22. The summed E-state index contributed by atoms with van der Waals surface area (Å²) in [4.78, 5) is 25.0. The van der Waals surface area contributed by atoms with Crippen molar-refractivity contribution < 1.29 is 23.8 Å². The lowest BCUT2D eigenvalue weighted by Gasteiger charge is -2.14. The van der Waals surface area contributed by atoms with E-state index < -0.39 is 11.9 Å². The Morgan fingerprint density at radius 2 is 1.50 bits per heavy atom. The molecule has 0 amide bonds. The van der Waals surface area contributed by atoms with Crippen LogP contribution in [-0.4, -0.2) is 32.3 Å². The topological polar surface area (TPSA) is 61.8 Å². The molecule has 2 atom stereocenters. The highest BCUT2D eigenvalue weighted by molar-refractivity contribution is 6.17. The first-order valence-corrected chi connectivity index (χ1v) is 9.61. The highest BCUT2D eigenvalue weighted by Crippen LogP contribution is 2.16. The zero-order valence-corrected chi connectivity index (χ0v) is 17.1. The van der Waals surface area contributed by atoms with Crippen molar-refractivity contribution >= 4 is 18.0 Å². The third-order valence-electron chi connectivity index (χ3n) is 4.34. The Balaban J connectivity index is 0.00000729. The van der Waals surface area contributed by atoms with Gasteiger partial charge in [0.05, 0.1) is 20.3 Å². The van der Waals surface area contributed by atoms with Crippen LogP contribution in [0.5, 0.6) is 5.75 Å². The van der Waals surface area contributed by atoms with Crippen molar-refractivity contribution in [2.75, 3.05) is 20.3 Å². The number of carbonyl (C=O) groups excluding carboxylic acids is 2. The molecule has 0 heterocycles. The second-order valence-corrected chi connectivity index (χ2v) is 6.94. The van der Waals surface area contributed by atoms with Gasteiger partial charge in [-0.3, -0.25) is 0 Å². The number of hydrogen-bond acceptors (Lipinski definition) is 5. The number of carbonyl (C=O) groups is 2. The van der Waals surface area contributed by atoms with Crippen LogP contribution in [0.1, 0.15) is 59.9 Å². The zero-order chi connectivity index (χ0) is 20.2. The monoisotopic (exact) mass is 392 g/mol. The van der Waals surface area contributed by atoms with Gasteiger partial charge in [0, 0.05) is 0 Å². The molecule has 0 fully saturated rings. The first-order valence-electron chi connectivity index (χ1n) is 9.61. The number of methoxy groups -OCH3 is 1. The van der Waals surface area contributed by atoms with Crippen LogP contribution in [-0.2, 0) is 19.1 Å². The summed E-state index contributed by atoms with van der Waals surface area (Å²) in [7, 11) is 1.58. The summed E-state index contributed by atoms with van der Waals surface area (Å²) < 4.78 is 15.8. The largest absolute Gasteiger partial charge is 0.497 e. The van der Waals surface area contributed by atoms with Crippen LogP contribution in [0.4, 0.5) is 0 Å². The summed E-state index contributed by atoms with van der Waals surface area (Å²) in [5.41, 5.74) is 0.608. The van der Waals surface area contributed by atoms with Gasteiger partial charge >= 0.3 is 11.9 Å². The molecule has 1 aromatic carbocycles. The summed E-state index contributed by atoms with van der Waals surface area (Å²) in [6.45, 7) is 8.67. The van der Waals surface area contributed by atoms with Gasteiger partial charge in [0.1, 0.15) is 11.3 Å². The van der Waals surface area contributed by atoms with Crippen molar-refractivity contribution in [3.63, 3.8) is 0 Å². The Morgan fingerprint density at radius 3 is 1.96 bits per heavy atom. The minimum absolute atomic E-state index is 0. The molecule has 0 saturated heterocycles. The molecule has 0 radical (unpaired) electrons. The van der Waals surface area contributed by atoms with E-state index in [2.05, 4.69) is 6.92 Å². The fraction of sp³-hybridized carbons (Fsp3) is 0.565. The minimum Gasteiger partial charge on any atom is -0.497 e. The van der Waals surface area contributed by atoms with Crippen LogP contribution in [0.2, 0.25) is 0 Å². The number of rotatable bonds is 11. The maximum absolute atomic E-state index is 12.5. The fourth-order valence-corrected chi connectivity index (χ4v) is 2.35. The number of ether oxygens (including phenoxy) is 3. The number of esters is 2. The Bertz CT molecular complexity index is 618. The van der Waals surface area contributed by atoms with Crippen molar-refractivity contribution in [1.29, 1.82) is 0 Å². The van der Waals surface area contributed by atoms with Crippen molar-refractivity contribution in [3.8, 4) is 5.75 Å². The zero-order valence-electron chi connectivity index (χ0n) is 17.1. The molecule has 28 heavy (non-hydrogen) atoms. The van der Waals surface area contributed by atoms with Gasteiger partial charge in [0.15, 0.2) is 0 Å². The minimum atomic E-state index is -0.653. The van der Waals surface area contributed by atoms with Crippen molar-refractivity contribution in [1.82, 2.24) is 0 Å². The van der Waals surface area contributed by atoms with E-state index in [1.165, 1.54) is 6.08 Å². The highest BCUT2D eigenvalue weighted by atomic mass is 16.6. The SMILES string of the molecule is C.CCCC(C)COC(=O)/C(=C\c1ccc(OC)cc1)C(=O)OCC(C)CC. The predicted molar refractivity (Wildman–Crippen MR) is 113 cm³/mol. The fourth-order valence-electron chi connectivity index (χ4n) is 2.35. The van der Waals surface area contributed by atoms with Crippen molar-refractivity contribution in [3.05, 3.63) is 35.4 Å². The highest BCUT2D eigenvalue weighted by Gasteiger charge is 2.23. The maximum Gasteiger partial charge on any atom is 0.345 e. The van der Waals surface area contributed by atoms with Crippen LogP contribution in [0, 0.1) is 11.8 Å². The van der Waals surface area contributed by atoms with Crippen LogP contribution in [0.25, 0.3) is 6.08 Å². The van der Waals surface area contributed by atoms with E-state index in [1.54, 1.807) is 31.4 Å². The Kier molecular flexibility index (Phi) is 12.7. The predicted octanol–water partition coefficient (Wildman–Crippen LogP) is 5.28. The van der Waals surface area contributed by atoms with Gasteiger partial charge < -0.3 is 14.2 Å². The van der Waals surface area contributed by atoms with Gasteiger partial charge in [-0.2, -0.15) is 0 Å². The van der Waals surface area contributed by atoms with E-state index in [-0.39, 0.29) is 38.0 Å². The molecule has 5 nitrogen and oxygen atoms in total. The normalized spacial score (nSPS) is 13.1. The molecule has 5 heteroatoms. The molecule has 1 rings (SSSR count). The molecule has 158 valence electrons. The second kappa shape index (κ2) is 13.8. The van der Waals surface area contributed by atoms with Gasteiger partial charge in [-0.15, -0.1) is 0 Å². The van der Waals surface area contributed by atoms with Crippen LogP contribution in [0.3, 0.4) is 0 Å². The third-order valence-corrected chi connectivity index (χ3v) is 4.34. The Morgan fingerprint density at radius 1 is 0.964 bits per heavy atom. The van der Waals surface area contributed by atoms with Gasteiger partial charge in [-0.25, -0.2) is 9.59 Å². The van der Waals surface area contributed by atoms with Crippen molar-refractivity contribution in [2.45, 2.75) is 54.4 Å². The molecule has 0 bridgehead atoms. The van der Waals surface area contributed by atoms with E-state index in [1.807, 2.05) is 20.8 Å². The standard InChI is InChI=1S/C22H32O5.CH4/c1-6-8-17(4)15-27-22(24)20(21(23)26-14-16(3)7-2)13-18-9-11-19(25-5)12-10-18;/h9-13,16-17H,6-8,14-15H2,1-5H3;1H4/b20-13-;. The Labute approximate surface area is 170 Å². The van der Waals surface area contributed by atoms with E-state index >= 15 is 0 Å². The molecule has 0 saturated carbocycles. The molecule has 0 aliphatic rings. The molecule has 0 aliphatic carbocycles. The van der Waals surface area contributed by atoms with Crippen molar-refractivity contribution in [2.24, 2.45) is 11.8 Å². The molecular formula is C23H36O5. The first-order chi connectivity index (χ1) is 12.9. The molecule has 0 aromatic heterocycles. The van der Waals surface area contributed by atoms with Gasteiger partial charge in [0.25, 0.3) is 0 Å². The van der Waals surface area contributed by atoms with Gasteiger partial charge in [-0.05, 0) is 42.0 Å². The second-order valence-electron chi connectivity index (χ2n) is 6.94. The molecule has 0 spiro atoms. The summed E-state index contributed by atoms with van der Waals surface area (Å²) in [6, 6.07) is 7.08. The average molecular weight is 393 g/mol. The summed E-state index contributed by atoms with van der Waals surface area (Å²) >= 11 is 0. The van der Waals surface area contributed by atoms with Gasteiger partial charge in [0.2, 0.25) is 0 Å². The van der Waals surface area contributed by atoms with E-state index in [4.69, 9.17) is 14.2 Å². The van der Waals surface area contributed by atoms with E-state index in [9.17, 15) is 9.59 Å². The Hall–Kier alpha value is -2.30. The average Bonchev–Trinajstić information content (AvgIpc) is 2.68. The summed E-state index contributed by atoms with van der Waals surface area (Å²) in [5.74, 6) is -0.125. The quantitative estimate of drug-likeness (QED) is 0.222. The van der Waals surface area contributed by atoms with Gasteiger partial charge in [-0.1, -0.05) is 60.1 Å². The van der Waals surface area contributed by atoms with Crippen LogP contribution < -0.4 is 4.74 Å². The van der Waals surface area contributed by atoms with Crippen LogP contribution in [0.15, 0.2) is 29.8 Å². The molecular weight excluding hydrogens is 356 g/mol. The summed E-state index contributed by atoms with van der Waals surface area (Å²) in [5, 5.41) is 0. The molecule has 0 N–H and O–H groups in total. The maximum atomic E-state index is 12.5. The lowest BCUT2D eigenvalue weighted by molar-refractivity contribution is -0.148. The molecule has 1 aromatic rings. The lowest BCUT2D eigenvalue weighted by atomic mass is 10.1. The smallest absolute Gasteiger partial charge is 0.345 e. The summed E-state index contributed by atoms with van der Waals surface area (Å²) in [6.07, 6.45) is 4.38. The number of hydrogen-bond donors (Lipinski definition) is 0. The van der Waals surface area contributed by atoms with Crippen LogP contribution >= 0.6 is 0 Å². The van der Waals surface area contributed by atoms with E-state index in [0.29, 0.717) is 11.3 Å². The molecule has 2 unspecified atom stereocenters. The van der Waals surface area contributed by atoms with E-state index in [0.717, 1.165) is 19.3 Å². The third kappa shape index (κ3) is 9.07.